The van der Waals surface area contributed by atoms with Crippen molar-refractivity contribution in [2.45, 2.75) is 18.6 Å². The van der Waals surface area contributed by atoms with E-state index in [0.29, 0.717) is 17.1 Å². The number of amides is 1. The Morgan fingerprint density at radius 3 is 2.55 bits per heavy atom. The summed E-state index contributed by atoms with van der Waals surface area (Å²) in [5.41, 5.74) is 1.41. The van der Waals surface area contributed by atoms with E-state index in [1.807, 2.05) is 42.5 Å². The molecular formula is C21H16Br2N2O3S. The van der Waals surface area contributed by atoms with Crippen LogP contribution in [0.25, 0.3) is 0 Å². The van der Waals surface area contributed by atoms with Crippen molar-refractivity contribution in [3.8, 4) is 6.07 Å². The maximum absolute atomic E-state index is 13.3. The van der Waals surface area contributed by atoms with Crippen molar-refractivity contribution in [3.63, 3.8) is 0 Å². The zero-order chi connectivity index (χ0) is 21.0. The lowest BCUT2D eigenvalue weighted by atomic mass is 10.1. The van der Waals surface area contributed by atoms with Crippen LogP contribution in [-0.2, 0) is 20.7 Å². The number of benzene rings is 2. The first-order valence-electron chi connectivity index (χ1n) is 8.76. The zero-order valence-corrected chi connectivity index (χ0v) is 19.4. The highest BCUT2D eigenvalue weighted by Gasteiger charge is 2.41. The van der Waals surface area contributed by atoms with Gasteiger partial charge in [0, 0.05) is 14.6 Å². The fraction of sp³-hybridized carbons (Fsp3) is 0.190. The minimum absolute atomic E-state index is 0.148. The summed E-state index contributed by atoms with van der Waals surface area (Å²) in [5, 5.41) is 9.46. The van der Waals surface area contributed by atoms with E-state index in [2.05, 4.69) is 31.9 Å². The van der Waals surface area contributed by atoms with Gasteiger partial charge in [-0.25, -0.2) is 4.79 Å². The third-order valence-corrected chi connectivity index (χ3v) is 6.44. The molecule has 1 aliphatic rings. The molecule has 8 heteroatoms. The predicted octanol–water partition coefficient (Wildman–Crippen LogP) is 5.20. The Kier molecular flexibility index (Phi) is 7.17. The summed E-state index contributed by atoms with van der Waals surface area (Å²) in [6.45, 7) is 1.82. The van der Waals surface area contributed by atoms with Gasteiger partial charge in [-0.15, -0.1) is 0 Å². The number of anilines is 1. The summed E-state index contributed by atoms with van der Waals surface area (Å²) in [6, 6.07) is 16.8. The van der Waals surface area contributed by atoms with Crippen molar-refractivity contribution in [1.82, 2.24) is 0 Å². The number of hydrogen-bond donors (Lipinski definition) is 0. The first kappa shape index (κ1) is 21.6. The third-order valence-electron chi connectivity index (χ3n) is 4.15. The number of halogens is 2. The van der Waals surface area contributed by atoms with Gasteiger partial charge < -0.3 is 4.74 Å². The Hall–Kier alpha value is -2.08. The molecule has 0 saturated carbocycles. The van der Waals surface area contributed by atoms with Gasteiger partial charge in [0.25, 0.3) is 0 Å². The average molecular weight is 536 g/mol. The van der Waals surface area contributed by atoms with Crippen LogP contribution < -0.4 is 4.90 Å². The molecule has 0 aromatic heterocycles. The summed E-state index contributed by atoms with van der Waals surface area (Å²) in [5.74, 6) is -0.903. The second-order valence-electron chi connectivity index (χ2n) is 6.10. The average Bonchev–Trinajstić information content (AvgIpc) is 2.99. The quantitative estimate of drug-likeness (QED) is 0.299. The molecule has 148 valence electrons. The van der Waals surface area contributed by atoms with Gasteiger partial charge in [0.15, 0.2) is 5.57 Å². The second kappa shape index (κ2) is 9.61. The van der Waals surface area contributed by atoms with Gasteiger partial charge in [0.1, 0.15) is 11.1 Å². The SMILES string of the molecule is CCOC(=O)C(C#N)=C1SC(Cc2cccc(Br)c2)C(=O)N1c1ccc(Br)cc1. The molecule has 0 N–H and O–H groups in total. The number of carbonyl (C=O) groups is 2. The molecule has 0 bridgehead atoms. The van der Waals surface area contributed by atoms with Crippen LogP contribution in [0.5, 0.6) is 0 Å². The van der Waals surface area contributed by atoms with Gasteiger partial charge in [-0.2, -0.15) is 5.26 Å². The highest BCUT2D eigenvalue weighted by atomic mass is 79.9. The van der Waals surface area contributed by atoms with Crippen molar-refractivity contribution in [1.29, 1.82) is 5.26 Å². The van der Waals surface area contributed by atoms with E-state index in [0.717, 1.165) is 14.5 Å². The molecule has 1 unspecified atom stereocenters. The van der Waals surface area contributed by atoms with Crippen LogP contribution in [0.1, 0.15) is 12.5 Å². The molecule has 2 aromatic rings. The second-order valence-corrected chi connectivity index (χ2v) is 9.13. The number of nitrogens with zero attached hydrogens (tertiary/aromatic N) is 2. The number of thioether (sulfide) groups is 1. The Morgan fingerprint density at radius 2 is 1.93 bits per heavy atom. The highest BCUT2D eigenvalue weighted by Crippen LogP contribution is 2.42. The molecular weight excluding hydrogens is 520 g/mol. The minimum Gasteiger partial charge on any atom is -0.462 e. The number of ether oxygens (including phenoxy) is 1. The largest absolute Gasteiger partial charge is 0.462 e. The van der Waals surface area contributed by atoms with E-state index in [9.17, 15) is 14.9 Å². The molecule has 0 aliphatic carbocycles. The van der Waals surface area contributed by atoms with Crippen molar-refractivity contribution in [3.05, 3.63) is 73.6 Å². The van der Waals surface area contributed by atoms with Gasteiger partial charge >= 0.3 is 5.97 Å². The molecule has 1 saturated heterocycles. The van der Waals surface area contributed by atoms with Crippen molar-refractivity contribution in [2.24, 2.45) is 0 Å². The Balaban J connectivity index is 2.03. The Labute approximate surface area is 190 Å². The number of hydrogen-bond acceptors (Lipinski definition) is 5. The van der Waals surface area contributed by atoms with E-state index in [-0.39, 0.29) is 18.1 Å². The summed E-state index contributed by atoms with van der Waals surface area (Å²) in [6.07, 6.45) is 0.473. The summed E-state index contributed by atoms with van der Waals surface area (Å²) in [4.78, 5) is 27.1. The number of esters is 1. The molecule has 3 rings (SSSR count). The molecule has 5 nitrogen and oxygen atoms in total. The lowest BCUT2D eigenvalue weighted by Crippen LogP contribution is -2.30. The van der Waals surface area contributed by atoms with E-state index >= 15 is 0 Å². The summed E-state index contributed by atoms with van der Waals surface area (Å²) in [7, 11) is 0. The maximum Gasteiger partial charge on any atom is 0.351 e. The molecule has 1 fully saturated rings. The van der Waals surface area contributed by atoms with E-state index < -0.39 is 11.2 Å². The van der Waals surface area contributed by atoms with Crippen LogP contribution in [0.3, 0.4) is 0 Å². The number of rotatable bonds is 5. The van der Waals surface area contributed by atoms with Crippen LogP contribution >= 0.6 is 43.6 Å². The number of carbonyl (C=O) groups excluding carboxylic acids is 2. The monoisotopic (exact) mass is 534 g/mol. The molecule has 1 heterocycles. The maximum atomic E-state index is 13.3. The van der Waals surface area contributed by atoms with Gasteiger partial charge in [0.2, 0.25) is 5.91 Å². The van der Waals surface area contributed by atoms with Gasteiger partial charge in [-0.1, -0.05) is 55.8 Å². The van der Waals surface area contributed by atoms with Crippen LogP contribution in [-0.4, -0.2) is 23.7 Å². The molecule has 1 amide bonds. The molecule has 29 heavy (non-hydrogen) atoms. The fourth-order valence-electron chi connectivity index (χ4n) is 2.88. The van der Waals surface area contributed by atoms with Crippen molar-refractivity contribution in [2.75, 3.05) is 11.5 Å². The minimum atomic E-state index is -0.726. The molecule has 2 aromatic carbocycles. The summed E-state index contributed by atoms with van der Waals surface area (Å²) >= 11 is 8.05. The lowest BCUT2D eigenvalue weighted by molar-refractivity contribution is -0.138. The van der Waals surface area contributed by atoms with Gasteiger partial charge in [-0.05, 0) is 55.3 Å². The highest BCUT2D eigenvalue weighted by molar-refractivity contribution is 9.10. The first-order valence-corrected chi connectivity index (χ1v) is 11.2. The zero-order valence-electron chi connectivity index (χ0n) is 15.4. The van der Waals surface area contributed by atoms with Crippen LogP contribution in [0.15, 0.2) is 68.1 Å². The van der Waals surface area contributed by atoms with E-state index in [1.54, 1.807) is 19.1 Å². The van der Waals surface area contributed by atoms with Crippen molar-refractivity contribution >= 4 is 61.2 Å². The molecule has 0 spiro atoms. The van der Waals surface area contributed by atoms with Crippen LogP contribution in [0.4, 0.5) is 5.69 Å². The predicted molar refractivity (Wildman–Crippen MR) is 120 cm³/mol. The summed E-state index contributed by atoms with van der Waals surface area (Å²) < 4.78 is 6.82. The van der Waals surface area contributed by atoms with Crippen LogP contribution in [0.2, 0.25) is 0 Å². The van der Waals surface area contributed by atoms with Crippen molar-refractivity contribution < 1.29 is 14.3 Å². The Morgan fingerprint density at radius 1 is 1.21 bits per heavy atom. The van der Waals surface area contributed by atoms with Crippen LogP contribution in [0, 0.1) is 11.3 Å². The number of nitriles is 1. The van der Waals surface area contributed by atoms with E-state index in [4.69, 9.17) is 4.74 Å². The normalized spacial score (nSPS) is 17.8. The Bertz CT molecular complexity index is 1020. The standard InChI is InChI=1S/C21H16Br2N2O3S/c1-2-28-21(27)17(12-24)20-25(16-8-6-14(22)7-9-16)19(26)18(29-20)11-13-4-3-5-15(23)10-13/h3-10,18H,2,11H2,1H3. The van der Waals surface area contributed by atoms with Gasteiger partial charge in [0.05, 0.1) is 11.9 Å². The molecule has 1 atom stereocenters. The molecule has 0 radical (unpaired) electrons. The first-order chi connectivity index (χ1) is 13.9. The third kappa shape index (κ3) is 4.92. The fourth-order valence-corrected chi connectivity index (χ4v) is 4.89. The van der Waals surface area contributed by atoms with Gasteiger partial charge in [-0.3, -0.25) is 9.69 Å². The van der Waals surface area contributed by atoms with E-state index in [1.165, 1.54) is 16.7 Å². The smallest absolute Gasteiger partial charge is 0.351 e. The topological polar surface area (TPSA) is 70.4 Å². The lowest BCUT2D eigenvalue weighted by Gasteiger charge is -2.18. The molecule has 1 aliphatic heterocycles.